The number of hydrogen-bond acceptors (Lipinski definition) is 1. The van der Waals surface area contributed by atoms with Gasteiger partial charge in [0.25, 0.3) is 0 Å². The van der Waals surface area contributed by atoms with Crippen LogP contribution in [0.25, 0.3) is 0 Å². The number of aromatic amines is 1. The number of H-pyrrole nitrogens is 1. The predicted molar refractivity (Wildman–Crippen MR) is 57.2 cm³/mol. The Bertz CT molecular complexity index is 299. The number of aryl methyl sites for hydroxylation is 1. The van der Waals surface area contributed by atoms with Gasteiger partial charge in [0.05, 0.1) is 0 Å². The molecular formula is C11H19NO. The topological polar surface area (TPSA) is 32.9 Å². The van der Waals surface area contributed by atoms with Gasteiger partial charge in [-0.25, -0.2) is 0 Å². The first-order valence-electron chi connectivity index (χ1n) is 4.81. The maximum Gasteiger partial charge on any atom is 0.248 e. The molecule has 0 unspecified atom stereocenters. The van der Waals surface area contributed by atoms with Crippen molar-refractivity contribution in [3.63, 3.8) is 0 Å². The van der Waals surface area contributed by atoms with Crippen LogP contribution in [0, 0.1) is 6.92 Å². The van der Waals surface area contributed by atoms with E-state index in [1.165, 1.54) is 0 Å². The minimum Gasteiger partial charge on any atom is -0.326 e. The highest BCUT2D eigenvalue weighted by Crippen LogP contribution is 2.12. The minimum absolute atomic E-state index is 0.0145. The van der Waals surface area contributed by atoms with Gasteiger partial charge in [0.15, 0.2) is 0 Å². The molecule has 0 bridgehead atoms. The summed E-state index contributed by atoms with van der Waals surface area (Å²) >= 11 is 0. The molecule has 0 aliphatic rings. The Hall–Kier alpha value is -1.05. The van der Waals surface area contributed by atoms with E-state index in [1.54, 1.807) is 6.07 Å². The van der Waals surface area contributed by atoms with Crippen molar-refractivity contribution < 1.29 is 0 Å². The molecule has 1 heterocycles. The van der Waals surface area contributed by atoms with Crippen molar-refractivity contribution in [1.82, 2.24) is 4.98 Å². The molecule has 13 heavy (non-hydrogen) atoms. The van der Waals surface area contributed by atoms with Crippen LogP contribution in [0.15, 0.2) is 16.9 Å². The van der Waals surface area contributed by atoms with Crippen molar-refractivity contribution in [1.29, 1.82) is 0 Å². The van der Waals surface area contributed by atoms with E-state index in [0.717, 1.165) is 11.3 Å². The van der Waals surface area contributed by atoms with Gasteiger partial charge in [0, 0.05) is 11.8 Å². The van der Waals surface area contributed by atoms with Gasteiger partial charge in [0.2, 0.25) is 5.56 Å². The summed E-state index contributed by atoms with van der Waals surface area (Å²) in [4.78, 5) is 13.7. The zero-order valence-electron chi connectivity index (χ0n) is 9.14. The highest BCUT2D eigenvalue weighted by molar-refractivity contribution is 5.20. The van der Waals surface area contributed by atoms with Crippen LogP contribution in [0.2, 0.25) is 0 Å². The lowest BCUT2D eigenvalue weighted by atomic mass is 10.1. The number of rotatable bonds is 1. The van der Waals surface area contributed by atoms with Crippen LogP contribution in [-0.2, 0) is 0 Å². The fourth-order valence-corrected chi connectivity index (χ4v) is 1.16. The molecule has 0 aliphatic heterocycles. The van der Waals surface area contributed by atoms with Crippen LogP contribution in [0.4, 0.5) is 0 Å². The van der Waals surface area contributed by atoms with E-state index >= 15 is 0 Å². The monoisotopic (exact) mass is 181 g/mol. The fraction of sp³-hybridized carbons (Fsp3) is 0.545. The molecule has 2 nitrogen and oxygen atoms in total. The van der Waals surface area contributed by atoms with E-state index in [9.17, 15) is 4.79 Å². The van der Waals surface area contributed by atoms with Crippen molar-refractivity contribution in [3.8, 4) is 0 Å². The average Bonchev–Trinajstić information content (AvgIpc) is 2.12. The molecule has 0 radical (unpaired) electrons. The van der Waals surface area contributed by atoms with Gasteiger partial charge in [-0.3, -0.25) is 4.79 Å². The van der Waals surface area contributed by atoms with E-state index < -0.39 is 0 Å². The molecule has 74 valence electrons. The summed E-state index contributed by atoms with van der Waals surface area (Å²) in [7, 11) is 0. The first kappa shape index (κ1) is 11.9. The summed E-state index contributed by atoms with van der Waals surface area (Å²) in [6, 6.07) is 3.41. The van der Waals surface area contributed by atoms with E-state index in [2.05, 4.69) is 18.8 Å². The highest BCUT2D eigenvalue weighted by atomic mass is 16.1. The molecule has 0 saturated carbocycles. The van der Waals surface area contributed by atoms with E-state index in [0.29, 0.717) is 5.92 Å². The smallest absolute Gasteiger partial charge is 0.248 e. The third-order valence-corrected chi connectivity index (χ3v) is 1.74. The molecule has 0 amide bonds. The second-order valence-electron chi connectivity index (χ2n) is 3.07. The van der Waals surface area contributed by atoms with Crippen LogP contribution in [0.1, 0.15) is 44.9 Å². The van der Waals surface area contributed by atoms with Crippen LogP contribution in [0.3, 0.4) is 0 Å². The molecule has 1 N–H and O–H groups in total. The quantitative estimate of drug-likeness (QED) is 0.710. The van der Waals surface area contributed by atoms with E-state index in [-0.39, 0.29) is 5.56 Å². The molecule has 1 aromatic heterocycles. The Morgan fingerprint density at radius 2 is 1.77 bits per heavy atom. The van der Waals surface area contributed by atoms with Gasteiger partial charge in [-0.1, -0.05) is 33.8 Å². The molecule has 1 aromatic rings. The lowest BCUT2D eigenvalue weighted by Gasteiger charge is -2.07. The fourth-order valence-electron chi connectivity index (χ4n) is 1.16. The number of nitrogens with one attached hydrogen (secondary N) is 1. The van der Waals surface area contributed by atoms with Crippen molar-refractivity contribution in [3.05, 3.63) is 33.7 Å². The average molecular weight is 181 g/mol. The summed E-state index contributed by atoms with van der Waals surface area (Å²) in [5, 5.41) is 0. The minimum atomic E-state index is -0.0145. The van der Waals surface area contributed by atoms with Gasteiger partial charge in [0.1, 0.15) is 0 Å². The van der Waals surface area contributed by atoms with Crippen molar-refractivity contribution in [2.24, 2.45) is 0 Å². The van der Waals surface area contributed by atoms with E-state index in [4.69, 9.17) is 0 Å². The molecule has 0 spiro atoms. The Balaban J connectivity index is 0.000000671. The zero-order chi connectivity index (χ0) is 10.4. The van der Waals surface area contributed by atoms with Crippen LogP contribution >= 0.6 is 0 Å². The first-order chi connectivity index (χ1) is 6.11. The Morgan fingerprint density at radius 1 is 1.23 bits per heavy atom. The van der Waals surface area contributed by atoms with Crippen molar-refractivity contribution in [2.45, 2.75) is 40.5 Å². The van der Waals surface area contributed by atoms with Gasteiger partial charge in [-0.15, -0.1) is 0 Å². The third kappa shape index (κ3) is 3.45. The molecule has 2 heteroatoms. The highest BCUT2D eigenvalue weighted by Gasteiger charge is 2.02. The van der Waals surface area contributed by atoms with Gasteiger partial charge in [-0.2, -0.15) is 0 Å². The summed E-state index contributed by atoms with van der Waals surface area (Å²) < 4.78 is 0. The zero-order valence-corrected chi connectivity index (χ0v) is 9.14. The number of hydrogen-bond donors (Lipinski definition) is 1. The van der Waals surface area contributed by atoms with E-state index in [1.807, 2.05) is 26.8 Å². The third-order valence-electron chi connectivity index (χ3n) is 1.74. The summed E-state index contributed by atoms with van der Waals surface area (Å²) in [5.41, 5.74) is 2.18. The standard InChI is InChI=1S/C9H13NO.C2H6/c1-6(2)9-7(3)4-5-8(11)10-9;1-2/h4-6H,1-3H3,(H,10,11);1-2H3. The second-order valence-corrected chi connectivity index (χ2v) is 3.07. The molecule has 1 rings (SSSR count). The largest absolute Gasteiger partial charge is 0.326 e. The molecule has 0 aliphatic carbocycles. The number of pyridine rings is 1. The lowest BCUT2D eigenvalue weighted by Crippen LogP contribution is -2.09. The van der Waals surface area contributed by atoms with Gasteiger partial charge in [-0.05, 0) is 18.4 Å². The van der Waals surface area contributed by atoms with Crippen molar-refractivity contribution in [2.75, 3.05) is 0 Å². The predicted octanol–water partition coefficient (Wildman–Crippen LogP) is 2.83. The molecule has 0 atom stereocenters. The lowest BCUT2D eigenvalue weighted by molar-refractivity contribution is 0.804. The normalized spacial score (nSPS) is 9.38. The van der Waals surface area contributed by atoms with Crippen LogP contribution < -0.4 is 5.56 Å². The molecule has 0 saturated heterocycles. The summed E-state index contributed by atoms with van der Waals surface area (Å²) in [6.07, 6.45) is 0. The molecule has 0 fully saturated rings. The van der Waals surface area contributed by atoms with Gasteiger partial charge >= 0.3 is 0 Å². The SMILES string of the molecule is CC.Cc1ccc(=O)[nH]c1C(C)C. The second kappa shape index (κ2) is 5.57. The summed E-state index contributed by atoms with van der Waals surface area (Å²) in [6.45, 7) is 10.1. The Kier molecular flexibility index (Phi) is 5.12. The Morgan fingerprint density at radius 3 is 2.15 bits per heavy atom. The maximum atomic E-state index is 10.9. The van der Waals surface area contributed by atoms with Crippen molar-refractivity contribution >= 4 is 0 Å². The van der Waals surface area contributed by atoms with Crippen LogP contribution in [0.5, 0.6) is 0 Å². The maximum absolute atomic E-state index is 10.9. The number of aromatic nitrogens is 1. The first-order valence-corrected chi connectivity index (χ1v) is 4.81. The van der Waals surface area contributed by atoms with Gasteiger partial charge < -0.3 is 4.98 Å². The molecule has 0 aromatic carbocycles. The van der Waals surface area contributed by atoms with Crippen LogP contribution in [-0.4, -0.2) is 4.98 Å². The molecular weight excluding hydrogens is 162 g/mol. The summed E-state index contributed by atoms with van der Waals surface area (Å²) in [5.74, 6) is 0.392. The Labute approximate surface area is 80.0 Å².